The van der Waals surface area contributed by atoms with E-state index in [4.69, 9.17) is 9.56 Å². The van der Waals surface area contributed by atoms with Gasteiger partial charge >= 0.3 is 0 Å². The van der Waals surface area contributed by atoms with Gasteiger partial charge in [-0.3, -0.25) is 4.98 Å². The summed E-state index contributed by atoms with van der Waals surface area (Å²) >= 11 is 0. The van der Waals surface area contributed by atoms with Crippen molar-refractivity contribution in [3.63, 3.8) is 0 Å². The first-order chi connectivity index (χ1) is 15.5. The van der Waals surface area contributed by atoms with Crippen molar-refractivity contribution < 1.29 is 12.8 Å². The molecule has 0 aliphatic heterocycles. The number of nitrogens with one attached hydrogen (secondary N) is 1. The smallest absolute Gasteiger partial charge is 0.239 e. The van der Waals surface area contributed by atoms with Gasteiger partial charge in [0.1, 0.15) is 16.7 Å². The molecule has 0 aliphatic rings. The third-order valence-corrected chi connectivity index (χ3v) is 5.70. The van der Waals surface area contributed by atoms with E-state index in [-0.39, 0.29) is 10.7 Å². The van der Waals surface area contributed by atoms with Crippen molar-refractivity contribution in [2.75, 3.05) is 5.32 Å². The monoisotopic (exact) mass is 447 g/mol. The zero-order valence-corrected chi connectivity index (χ0v) is 17.4. The summed E-state index contributed by atoms with van der Waals surface area (Å²) in [5.74, 6) is 0.830. The maximum Gasteiger partial charge on any atom is 0.239 e. The first-order valence-electron chi connectivity index (χ1n) is 9.53. The molecular weight excluding hydrogens is 430 g/mol. The van der Waals surface area contributed by atoms with Gasteiger partial charge in [-0.1, -0.05) is 30.3 Å². The van der Waals surface area contributed by atoms with Gasteiger partial charge in [0.2, 0.25) is 10.0 Å². The average molecular weight is 447 g/mol. The van der Waals surface area contributed by atoms with Crippen molar-refractivity contribution in [1.82, 2.24) is 24.6 Å². The number of anilines is 1. The summed E-state index contributed by atoms with van der Waals surface area (Å²) < 4.78 is 30.2. The van der Waals surface area contributed by atoms with Crippen molar-refractivity contribution in [2.45, 2.75) is 11.4 Å². The third kappa shape index (κ3) is 3.82. The minimum absolute atomic E-state index is 0.117. The Kier molecular flexibility index (Phi) is 4.88. The maximum atomic E-state index is 11.8. The maximum absolute atomic E-state index is 11.8. The van der Waals surface area contributed by atoms with Crippen LogP contribution in [-0.4, -0.2) is 33.0 Å². The van der Waals surface area contributed by atoms with Crippen LogP contribution < -0.4 is 10.5 Å². The van der Waals surface area contributed by atoms with Crippen LogP contribution in [0.5, 0.6) is 0 Å². The summed E-state index contributed by atoms with van der Waals surface area (Å²) in [5.41, 5.74) is 3.83. The number of rotatable bonds is 6. The second-order valence-electron chi connectivity index (χ2n) is 6.96. The van der Waals surface area contributed by atoms with Crippen molar-refractivity contribution in [3.8, 4) is 22.5 Å². The Labute approximate surface area is 182 Å². The van der Waals surface area contributed by atoms with Gasteiger partial charge in [-0.2, -0.15) is 0 Å². The van der Waals surface area contributed by atoms with Crippen LogP contribution in [0.1, 0.15) is 5.69 Å². The molecule has 5 rings (SSSR count). The summed E-state index contributed by atoms with van der Waals surface area (Å²) in [4.78, 5) is 12.7. The molecule has 0 saturated carbocycles. The number of nitrogens with two attached hydrogens (primary N) is 1. The number of nitrogens with zero attached hydrogens (tertiary/aromatic N) is 5. The summed E-state index contributed by atoms with van der Waals surface area (Å²) in [6.07, 6.45) is 7.39. The van der Waals surface area contributed by atoms with E-state index in [1.165, 1.54) is 24.9 Å². The summed E-state index contributed by atoms with van der Waals surface area (Å²) in [5, 5.41) is 13.1. The number of oxazole rings is 1. The highest BCUT2D eigenvalue weighted by molar-refractivity contribution is 7.89. The van der Waals surface area contributed by atoms with E-state index in [0.717, 1.165) is 16.6 Å². The lowest BCUT2D eigenvalue weighted by Crippen LogP contribution is -2.13. The van der Waals surface area contributed by atoms with Crippen LogP contribution >= 0.6 is 0 Å². The molecule has 0 amide bonds. The molecule has 32 heavy (non-hydrogen) atoms. The Morgan fingerprint density at radius 2 is 1.94 bits per heavy atom. The summed E-state index contributed by atoms with van der Waals surface area (Å²) in [6, 6.07) is 13.2. The second kappa shape index (κ2) is 7.87. The first kappa shape index (κ1) is 19.8. The molecular formula is C21H17N7O3S. The van der Waals surface area contributed by atoms with Crippen molar-refractivity contribution in [1.29, 1.82) is 0 Å². The van der Waals surface area contributed by atoms with Crippen LogP contribution in [0.4, 0.5) is 5.82 Å². The fraction of sp³-hybridized carbons (Fsp3) is 0.0476. The number of primary sulfonamides is 1. The highest BCUT2D eigenvalue weighted by Crippen LogP contribution is 2.31. The highest BCUT2D eigenvalue weighted by atomic mass is 32.2. The first-order valence-corrected chi connectivity index (χ1v) is 11.1. The molecule has 10 nitrogen and oxygen atoms in total. The van der Waals surface area contributed by atoms with E-state index >= 15 is 0 Å². The van der Waals surface area contributed by atoms with Crippen LogP contribution in [0.2, 0.25) is 0 Å². The van der Waals surface area contributed by atoms with Gasteiger partial charge in [0, 0.05) is 29.7 Å². The van der Waals surface area contributed by atoms with Crippen molar-refractivity contribution >= 4 is 21.4 Å². The normalized spacial score (nSPS) is 11.7. The fourth-order valence-corrected chi connectivity index (χ4v) is 3.82. The number of benzene rings is 1. The van der Waals surface area contributed by atoms with Crippen LogP contribution in [0.25, 0.3) is 28.0 Å². The number of fused-ring (bicyclic) bond motifs is 1. The minimum Gasteiger partial charge on any atom is -0.451 e. The van der Waals surface area contributed by atoms with Gasteiger partial charge in [-0.05, 0) is 17.7 Å². The van der Waals surface area contributed by atoms with E-state index in [9.17, 15) is 8.42 Å². The van der Waals surface area contributed by atoms with Crippen LogP contribution in [0, 0.1) is 0 Å². The minimum atomic E-state index is -3.92. The molecule has 0 atom stereocenters. The molecule has 0 radical (unpaired) electrons. The summed E-state index contributed by atoms with van der Waals surface area (Å²) in [6.45, 7) is 0.373. The second-order valence-corrected chi connectivity index (χ2v) is 8.52. The van der Waals surface area contributed by atoms with Gasteiger partial charge in [0.15, 0.2) is 18.0 Å². The Hall–Kier alpha value is -4.09. The molecule has 11 heteroatoms. The predicted molar refractivity (Wildman–Crippen MR) is 117 cm³/mol. The third-order valence-electron chi connectivity index (χ3n) is 4.82. The molecule has 0 fully saturated rings. The zero-order valence-electron chi connectivity index (χ0n) is 16.6. The standard InChI is InChI=1S/C21H17N7O3S/c22-32(29,30)17-8-15(9-23-11-17)20-26-21(24-10-16-12-31-13-25-16)19-18(6-7-28(19)27-20)14-4-2-1-3-5-14/h1-9,11-13H,10H2,(H2,22,29,30)(H,24,26,27). The van der Waals surface area contributed by atoms with E-state index in [0.29, 0.717) is 23.6 Å². The molecule has 4 aromatic heterocycles. The average Bonchev–Trinajstić information content (AvgIpc) is 3.47. The van der Waals surface area contributed by atoms with Gasteiger partial charge in [0.05, 0.1) is 12.2 Å². The summed E-state index contributed by atoms with van der Waals surface area (Å²) in [7, 11) is -3.92. The van der Waals surface area contributed by atoms with Gasteiger partial charge < -0.3 is 9.73 Å². The van der Waals surface area contributed by atoms with Crippen molar-refractivity contribution in [2.24, 2.45) is 5.14 Å². The van der Waals surface area contributed by atoms with Crippen LogP contribution in [0.15, 0.2) is 83.0 Å². The molecule has 1 aromatic carbocycles. The van der Waals surface area contributed by atoms with E-state index < -0.39 is 10.0 Å². The Morgan fingerprint density at radius 3 is 2.69 bits per heavy atom. The predicted octanol–water partition coefficient (Wildman–Crippen LogP) is 2.71. The fourth-order valence-electron chi connectivity index (χ4n) is 3.32. The molecule has 4 heterocycles. The molecule has 0 unspecified atom stereocenters. The molecule has 5 aromatic rings. The lowest BCUT2D eigenvalue weighted by atomic mass is 10.1. The Bertz CT molecular complexity index is 1500. The highest BCUT2D eigenvalue weighted by Gasteiger charge is 2.17. The quantitative estimate of drug-likeness (QED) is 0.405. The topological polar surface area (TPSA) is 141 Å². The molecule has 0 saturated heterocycles. The number of aromatic nitrogens is 5. The number of sulfonamides is 1. The zero-order chi connectivity index (χ0) is 22.1. The van der Waals surface area contributed by atoms with E-state index in [1.807, 2.05) is 42.6 Å². The molecule has 160 valence electrons. The lowest BCUT2D eigenvalue weighted by molar-refractivity contribution is 0.556. The van der Waals surface area contributed by atoms with Gasteiger partial charge in [-0.15, -0.1) is 5.10 Å². The largest absolute Gasteiger partial charge is 0.451 e. The lowest BCUT2D eigenvalue weighted by Gasteiger charge is -2.11. The SMILES string of the molecule is NS(=O)(=O)c1cncc(-c2nc(NCc3cocn3)c3c(-c4ccccc4)ccn3n2)c1. The van der Waals surface area contributed by atoms with Crippen LogP contribution in [-0.2, 0) is 16.6 Å². The van der Waals surface area contributed by atoms with Crippen molar-refractivity contribution in [3.05, 3.63) is 79.4 Å². The van der Waals surface area contributed by atoms with Gasteiger partial charge in [0.25, 0.3) is 0 Å². The molecule has 3 N–H and O–H groups in total. The molecule has 0 bridgehead atoms. The Balaban J connectivity index is 1.66. The number of pyridine rings is 1. The van der Waals surface area contributed by atoms with E-state index in [1.54, 1.807) is 10.8 Å². The van der Waals surface area contributed by atoms with E-state index in [2.05, 4.69) is 25.4 Å². The number of hydrogen-bond donors (Lipinski definition) is 2. The Morgan fingerprint density at radius 1 is 1.09 bits per heavy atom. The van der Waals surface area contributed by atoms with Gasteiger partial charge in [-0.25, -0.2) is 28.0 Å². The van der Waals surface area contributed by atoms with Crippen LogP contribution in [0.3, 0.4) is 0 Å². The number of hydrogen-bond acceptors (Lipinski definition) is 8. The molecule has 0 spiro atoms. The molecule has 0 aliphatic carbocycles.